The predicted octanol–water partition coefficient (Wildman–Crippen LogP) is 1.42. The number of carbonyl (C=O) groups is 3. The number of rotatable bonds is 5. The van der Waals surface area contributed by atoms with Gasteiger partial charge in [-0.2, -0.15) is 0 Å². The van der Waals surface area contributed by atoms with Gasteiger partial charge >= 0.3 is 0 Å². The molecule has 1 saturated heterocycles. The van der Waals surface area contributed by atoms with Crippen LogP contribution >= 0.6 is 0 Å². The Bertz CT molecular complexity index is 380. The first-order valence-corrected chi connectivity index (χ1v) is 7.73. The summed E-state index contributed by atoms with van der Waals surface area (Å²) in [5.74, 6) is -0.302. The molecule has 2 rings (SSSR count). The van der Waals surface area contributed by atoms with E-state index >= 15 is 0 Å². The van der Waals surface area contributed by atoms with Crippen molar-refractivity contribution in [3.8, 4) is 0 Å². The standard InChI is InChI=1S/C15H24N2O3/c1-3-16(4-2)13(18)9-10-17-14(19)11-7-5-6-8-12(11)15(17)20/h11-12H,3-10H2,1-2H3/t11-,12-/m0/s1. The summed E-state index contributed by atoms with van der Waals surface area (Å²) in [6.45, 7) is 5.45. The van der Waals surface area contributed by atoms with Gasteiger partial charge in [0.1, 0.15) is 0 Å². The molecule has 0 spiro atoms. The highest BCUT2D eigenvalue weighted by atomic mass is 16.2. The molecule has 1 heterocycles. The summed E-state index contributed by atoms with van der Waals surface area (Å²) in [4.78, 5) is 39.5. The quantitative estimate of drug-likeness (QED) is 0.716. The van der Waals surface area contributed by atoms with Crippen LogP contribution in [0.1, 0.15) is 46.0 Å². The van der Waals surface area contributed by atoms with Crippen LogP contribution in [0.2, 0.25) is 0 Å². The highest BCUT2D eigenvalue weighted by Gasteiger charge is 2.47. The molecule has 20 heavy (non-hydrogen) atoms. The van der Waals surface area contributed by atoms with Gasteiger partial charge in [-0.25, -0.2) is 0 Å². The molecule has 0 unspecified atom stereocenters. The minimum absolute atomic E-state index is 0.0190. The van der Waals surface area contributed by atoms with Crippen LogP contribution in [0.5, 0.6) is 0 Å². The van der Waals surface area contributed by atoms with Crippen LogP contribution in [0.25, 0.3) is 0 Å². The molecule has 2 aliphatic rings. The van der Waals surface area contributed by atoms with Gasteiger partial charge in [0.15, 0.2) is 0 Å². The average molecular weight is 280 g/mol. The van der Waals surface area contributed by atoms with E-state index in [1.807, 2.05) is 13.8 Å². The number of amides is 3. The molecule has 0 bridgehead atoms. The molecule has 0 aromatic carbocycles. The van der Waals surface area contributed by atoms with Crippen LogP contribution in [0.15, 0.2) is 0 Å². The lowest BCUT2D eigenvalue weighted by Crippen LogP contribution is -2.37. The first kappa shape index (κ1) is 15.0. The fourth-order valence-electron chi connectivity index (χ4n) is 3.39. The Hall–Kier alpha value is -1.39. The molecule has 5 heteroatoms. The second-order valence-electron chi connectivity index (χ2n) is 5.64. The van der Waals surface area contributed by atoms with E-state index in [1.165, 1.54) is 4.90 Å². The van der Waals surface area contributed by atoms with Crippen molar-refractivity contribution < 1.29 is 14.4 Å². The lowest BCUT2D eigenvalue weighted by molar-refractivity contribution is -0.140. The second kappa shape index (κ2) is 6.37. The molecule has 1 aliphatic carbocycles. The largest absolute Gasteiger partial charge is 0.343 e. The monoisotopic (exact) mass is 280 g/mol. The summed E-state index contributed by atoms with van der Waals surface area (Å²) < 4.78 is 0. The SMILES string of the molecule is CCN(CC)C(=O)CCN1C(=O)[C@H]2CCCC[C@@H]2C1=O. The Kier molecular flexibility index (Phi) is 4.78. The van der Waals surface area contributed by atoms with Crippen LogP contribution in [0.3, 0.4) is 0 Å². The van der Waals surface area contributed by atoms with Crippen LogP contribution < -0.4 is 0 Å². The first-order chi connectivity index (χ1) is 9.60. The smallest absolute Gasteiger partial charge is 0.233 e. The van der Waals surface area contributed by atoms with Gasteiger partial charge in [-0.15, -0.1) is 0 Å². The summed E-state index contributed by atoms with van der Waals surface area (Å²) in [7, 11) is 0. The van der Waals surface area contributed by atoms with Gasteiger partial charge < -0.3 is 4.90 Å². The van der Waals surface area contributed by atoms with E-state index in [0.29, 0.717) is 13.1 Å². The molecule has 5 nitrogen and oxygen atoms in total. The summed E-state index contributed by atoms with van der Waals surface area (Å²) >= 11 is 0. The van der Waals surface area contributed by atoms with E-state index in [0.717, 1.165) is 25.7 Å². The molecule has 1 saturated carbocycles. The average Bonchev–Trinajstić information content (AvgIpc) is 2.71. The van der Waals surface area contributed by atoms with Crippen LogP contribution in [-0.2, 0) is 14.4 Å². The van der Waals surface area contributed by atoms with Crippen molar-refractivity contribution >= 4 is 17.7 Å². The molecule has 2 fully saturated rings. The van der Waals surface area contributed by atoms with Crippen molar-refractivity contribution in [1.82, 2.24) is 9.80 Å². The third-order valence-corrected chi connectivity index (χ3v) is 4.60. The van der Waals surface area contributed by atoms with Crippen LogP contribution in [0, 0.1) is 11.8 Å². The van der Waals surface area contributed by atoms with Gasteiger partial charge in [-0.05, 0) is 26.7 Å². The third-order valence-electron chi connectivity index (χ3n) is 4.60. The van der Waals surface area contributed by atoms with Gasteiger partial charge in [0.25, 0.3) is 0 Å². The highest BCUT2D eigenvalue weighted by molar-refractivity contribution is 6.05. The zero-order chi connectivity index (χ0) is 14.7. The van der Waals surface area contributed by atoms with Gasteiger partial charge in [0, 0.05) is 26.1 Å². The third kappa shape index (κ3) is 2.72. The zero-order valence-corrected chi connectivity index (χ0v) is 12.4. The van der Waals surface area contributed by atoms with E-state index in [4.69, 9.17) is 0 Å². The minimum atomic E-state index is -0.111. The Morgan fingerprint density at radius 1 is 1.10 bits per heavy atom. The topological polar surface area (TPSA) is 57.7 Å². The van der Waals surface area contributed by atoms with Crippen LogP contribution in [-0.4, -0.2) is 47.2 Å². The van der Waals surface area contributed by atoms with Crippen molar-refractivity contribution in [2.24, 2.45) is 11.8 Å². The number of carbonyl (C=O) groups excluding carboxylic acids is 3. The maximum absolute atomic E-state index is 12.3. The number of imide groups is 1. The Morgan fingerprint density at radius 2 is 1.60 bits per heavy atom. The fraction of sp³-hybridized carbons (Fsp3) is 0.800. The summed E-state index contributed by atoms with van der Waals surface area (Å²) in [6.07, 6.45) is 3.98. The summed E-state index contributed by atoms with van der Waals surface area (Å²) in [5, 5.41) is 0. The lowest BCUT2D eigenvalue weighted by Gasteiger charge is -2.20. The van der Waals surface area contributed by atoms with Gasteiger partial charge in [0.2, 0.25) is 17.7 Å². The maximum Gasteiger partial charge on any atom is 0.233 e. The van der Waals surface area contributed by atoms with E-state index in [9.17, 15) is 14.4 Å². The molecule has 0 radical (unpaired) electrons. The molecule has 2 atom stereocenters. The number of hydrogen-bond donors (Lipinski definition) is 0. The van der Waals surface area contributed by atoms with Crippen molar-refractivity contribution in [2.45, 2.75) is 46.0 Å². The van der Waals surface area contributed by atoms with E-state index < -0.39 is 0 Å². The summed E-state index contributed by atoms with van der Waals surface area (Å²) in [6, 6.07) is 0. The van der Waals surface area contributed by atoms with Gasteiger partial charge in [-0.3, -0.25) is 19.3 Å². The van der Waals surface area contributed by atoms with Crippen LogP contribution in [0.4, 0.5) is 0 Å². The lowest BCUT2D eigenvalue weighted by atomic mass is 9.81. The highest BCUT2D eigenvalue weighted by Crippen LogP contribution is 2.37. The van der Waals surface area contributed by atoms with Crippen molar-refractivity contribution in [1.29, 1.82) is 0 Å². The van der Waals surface area contributed by atoms with E-state index in [-0.39, 0.29) is 42.5 Å². The normalized spacial score (nSPS) is 25.8. The van der Waals surface area contributed by atoms with E-state index in [2.05, 4.69) is 0 Å². The molecule has 0 N–H and O–H groups in total. The van der Waals surface area contributed by atoms with Gasteiger partial charge in [0.05, 0.1) is 11.8 Å². The second-order valence-corrected chi connectivity index (χ2v) is 5.64. The molecule has 112 valence electrons. The molecular weight excluding hydrogens is 256 g/mol. The zero-order valence-electron chi connectivity index (χ0n) is 12.4. The predicted molar refractivity (Wildman–Crippen MR) is 74.7 cm³/mol. The summed E-state index contributed by atoms with van der Waals surface area (Å²) in [5.41, 5.74) is 0. The molecular formula is C15H24N2O3. The fourth-order valence-corrected chi connectivity index (χ4v) is 3.39. The molecule has 3 amide bonds. The Labute approximate surface area is 120 Å². The van der Waals surface area contributed by atoms with Crippen molar-refractivity contribution in [3.05, 3.63) is 0 Å². The number of nitrogens with zero attached hydrogens (tertiary/aromatic N) is 2. The first-order valence-electron chi connectivity index (χ1n) is 7.73. The van der Waals surface area contributed by atoms with Gasteiger partial charge in [-0.1, -0.05) is 12.8 Å². The van der Waals surface area contributed by atoms with Crippen molar-refractivity contribution in [3.63, 3.8) is 0 Å². The Balaban J connectivity index is 1.94. The number of likely N-dealkylation sites (tertiary alicyclic amines) is 1. The molecule has 1 aliphatic heterocycles. The van der Waals surface area contributed by atoms with E-state index in [1.54, 1.807) is 4.90 Å². The number of hydrogen-bond acceptors (Lipinski definition) is 3. The van der Waals surface area contributed by atoms with Crippen molar-refractivity contribution in [2.75, 3.05) is 19.6 Å². The maximum atomic E-state index is 12.3. The molecule has 0 aromatic heterocycles. The molecule has 0 aromatic rings. The Morgan fingerprint density at radius 3 is 2.05 bits per heavy atom. The number of fused-ring (bicyclic) bond motifs is 1. The minimum Gasteiger partial charge on any atom is -0.343 e.